The number of hydrogen-bond donors (Lipinski definition) is 1. The number of methoxy groups -OCH3 is 1. The van der Waals surface area contributed by atoms with E-state index in [1.54, 1.807) is 43.5 Å². The molecule has 0 bridgehead atoms. The van der Waals surface area contributed by atoms with E-state index in [4.69, 9.17) is 4.74 Å². The molecular formula is C24H29N3O4S. The fourth-order valence-electron chi connectivity index (χ4n) is 4.34. The highest BCUT2D eigenvalue weighted by molar-refractivity contribution is 7.90. The summed E-state index contributed by atoms with van der Waals surface area (Å²) in [6, 6.07) is 11.8. The summed E-state index contributed by atoms with van der Waals surface area (Å²) in [7, 11) is -2.28. The van der Waals surface area contributed by atoms with Crippen molar-refractivity contribution in [1.82, 2.24) is 0 Å². The fourth-order valence-corrected chi connectivity index (χ4v) is 5.65. The van der Waals surface area contributed by atoms with Crippen LogP contribution in [0.1, 0.15) is 55.8 Å². The van der Waals surface area contributed by atoms with Crippen molar-refractivity contribution in [3.63, 3.8) is 0 Å². The van der Waals surface area contributed by atoms with Gasteiger partial charge in [-0.15, -0.1) is 4.40 Å². The number of hydrogen-bond acceptors (Lipinski definition) is 5. The van der Waals surface area contributed by atoms with E-state index >= 15 is 0 Å². The normalized spacial score (nSPS) is 17.6. The third-order valence-corrected chi connectivity index (χ3v) is 7.39. The van der Waals surface area contributed by atoms with Crippen LogP contribution in [0.25, 0.3) is 0 Å². The Morgan fingerprint density at radius 3 is 2.53 bits per heavy atom. The SMILES string of the molecule is CCCCN1C(C2CCCC2)=NS(=O)(=O)c2cc(NC(=O)c3ccc(OC)cc3)ccc21. The molecule has 0 spiro atoms. The van der Waals surface area contributed by atoms with Crippen LogP contribution in [0.5, 0.6) is 5.75 Å². The number of amides is 1. The second kappa shape index (κ2) is 9.32. The van der Waals surface area contributed by atoms with Crippen LogP contribution in [-0.2, 0) is 10.0 Å². The predicted octanol–water partition coefficient (Wildman–Crippen LogP) is 4.85. The van der Waals surface area contributed by atoms with Crippen molar-refractivity contribution in [2.24, 2.45) is 10.3 Å². The second-order valence-electron chi connectivity index (χ2n) is 8.28. The Hall–Kier alpha value is -2.87. The Bertz CT molecular complexity index is 1120. The van der Waals surface area contributed by atoms with Gasteiger partial charge in [-0.25, -0.2) is 0 Å². The Morgan fingerprint density at radius 1 is 1.16 bits per heavy atom. The van der Waals surface area contributed by atoms with Crippen LogP contribution >= 0.6 is 0 Å². The Morgan fingerprint density at radius 2 is 1.88 bits per heavy atom. The van der Waals surface area contributed by atoms with Crippen molar-refractivity contribution in [1.29, 1.82) is 0 Å². The number of anilines is 2. The van der Waals surface area contributed by atoms with Crippen LogP contribution in [-0.4, -0.2) is 33.8 Å². The average Bonchev–Trinajstić information content (AvgIpc) is 3.33. The first-order valence-corrected chi connectivity index (χ1v) is 12.6. The largest absolute Gasteiger partial charge is 0.497 e. The zero-order chi connectivity index (χ0) is 22.7. The van der Waals surface area contributed by atoms with E-state index in [0.717, 1.165) is 45.1 Å². The molecule has 0 saturated heterocycles. The molecule has 2 aromatic rings. The molecule has 32 heavy (non-hydrogen) atoms. The molecule has 7 nitrogen and oxygen atoms in total. The van der Waals surface area contributed by atoms with Gasteiger partial charge in [0, 0.05) is 23.7 Å². The van der Waals surface area contributed by atoms with Gasteiger partial charge in [-0.1, -0.05) is 26.2 Å². The summed E-state index contributed by atoms with van der Waals surface area (Å²) >= 11 is 0. The first kappa shape index (κ1) is 22.3. The molecule has 0 atom stereocenters. The molecule has 1 amide bonds. The van der Waals surface area contributed by atoms with E-state index in [1.807, 2.05) is 0 Å². The number of carbonyl (C=O) groups is 1. The van der Waals surface area contributed by atoms with Crippen LogP contribution in [0, 0.1) is 5.92 Å². The summed E-state index contributed by atoms with van der Waals surface area (Å²) in [6.45, 7) is 2.84. The standard InChI is InChI=1S/C24H29N3O4S/c1-3-4-15-27-21-14-11-19(25-24(28)18-9-12-20(31-2)13-10-18)16-22(21)32(29,30)26-23(27)17-7-5-6-8-17/h9-14,16-17H,3-8,15H2,1-2H3,(H,25,28). The highest BCUT2D eigenvalue weighted by atomic mass is 32.2. The van der Waals surface area contributed by atoms with Gasteiger partial charge >= 0.3 is 0 Å². The van der Waals surface area contributed by atoms with E-state index in [9.17, 15) is 13.2 Å². The van der Waals surface area contributed by atoms with Gasteiger partial charge in [0.15, 0.2) is 0 Å². The average molecular weight is 456 g/mol. The molecular weight excluding hydrogens is 426 g/mol. The molecule has 8 heteroatoms. The van der Waals surface area contributed by atoms with Gasteiger partial charge in [0.05, 0.1) is 12.8 Å². The lowest BCUT2D eigenvalue weighted by Crippen LogP contribution is -2.40. The van der Waals surface area contributed by atoms with E-state index in [2.05, 4.69) is 21.5 Å². The summed E-state index contributed by atoms with van der Waals surface area (Å²) < 4.78 is 35.6. The summed E-state index contributed by atoms with van der Waals surface area (Å²) in [6.07, 6.45) is 6.11. The van der Waals surface area contributed by atoms with E-state index < -0.39 is 10.0 Å². The van der Waals surface area contributed by atoms with Gasteiger partial charge in [0.2, 0.25) is 0 Å². The zero-order valence-corrected chi connectivity index (χ0v) is 19.3. The van der Waals surface area contributed by atoms with E-state index in [0.29, 0.717) is 28.5 Å². The number of ether oxygens (including phenoxy) is 1. The molecule has 0 unspecified atom stereocenters. The summed E-state index contributed by atoms with van der Waals surface area (Å²) in [4.78, 5) is 14.9. The molecule has 1 heterocycles. The Labute approximate surface area is 189 Å². The maximum absolute atomic E-state index is 13.1. The lowest BCUT2D eigenvalue weighted by molar-refractivity contribution is 0.102. The van der Waals surface area contributed by atoms with E-state index in [-0.39, 0.29) is 16.7 Å². The number of nitrogens with one attached hydrogen (secondary N) is 1. The van der Waals surface area contributed by atoms with Gasteiger partial charge in [-0.3, -0.25) is 4.79 Å². The quantitative estimate of drug-likeness (QED) is 0.645. The van der Waals surface area contributed by atoms with Gasteiger partial charge in [0.25, 0.3) is 15.9 Å². The van der Waals surface area contributed by atoms with Crippen LogP contribution in [0.3, 0.4) is 0 Å². The Balaban J connectivity index is 1.64. The van der Waals surface area contributed by atoms with Crippen LogP contribution in [0.2, 0.25) is 0 Å². The number of unbranched alkanes of at least 4 members (excludes halogenated alkanes) is 1. The van der Waals surface area contributed by atoms with Gasteiger partial charge in [0.1, 0.15) is 16.5 Å². The molecule has 1 aliphatic carbocycles. The zero-order valence-electron chi connectivity index (χ0n) is 18.5. The molecule has 2 aliphatic rings. The third kappa shape index (κ3) is 4.50. The topological polar surface area (TPSA) is 88.1 Å². The maximum atomic E-state index is 13.1. The lowest BCUT2D eigenvalue weighted by atomic mass is 10.0. The highest BCUT2D eigenvalue weighted by Crippen LogP contribution is 2.38. The van der Waals surface area contributed by atoms with Gasteiger partial charge in [-0.2, -0.15) is 8.42 Å². The minimum absolute atomic E-state index is 0.142. The minimum Gasteiger partial charge on any atom is -0.497 e. The number of sulfonamides is 1. The monoisotopic (exact) mass is 455 g/mol. The number of benzene rings is 2. The fraction of sp³-hybridized carbons (Fsp3) is 0.417. The summed E-state index contributed by atoms with van der Waals surface area (Å²) in [5, 5.41) is 2.80. The van der Waals surface area contributed by atoms with Crippen molar-refractivity contribution in [2.75, 3.05) is 23.9 Å². The van der Waals surface area contributed by atoms with Crippen LogP contribution in [0.4, 0.5) is 11.4 Å². The maximum Gasteiger partial charge on any atom is 0.286 e. The Kier molecular flexibility index (Phi) is 6.50. The number of carbonyl (C=O) groups excluding carboxylic acids is 1. The molecule has 1 aliphatic heterocycles. The lowest BCUT2D eigenvalue weighted by Gasteiger charge is -2.33. The second-order valence-corrected chi connectivity index (χ2v) is 9.85. The van der Waals surface area contributed by atoms with Crippen LogP contribution in [0.15, 0.2) is 51.8 Å². The molecule has 1 saturated carbocycles. The van der Waals surface area contributed by atoms with Crippen molar-refractivity contribution in [3.8, 4) is 5.75 Å². The number of nitrogens with zero attached hydrogens (tertiary/aromatic N) is 2. The molecule has 170 valence electrons. The third-order valence-electron chi connectivity index (χ3n) is 6.08. The number of fused-ring (bicyclic) bond motifs is 1. The molecule has 0 radical (unpaired) electrons. The summed E-state index contributed by atoms with van der Waals surface area (Å²) in [5.41, 5.74) is 1.53. The van der Waals surface area contributed by atoms with Gasteiger partial charge < -0.3 is 15.0 Å². The van der Waals surface area contributed by atoms with Gasteiger partial charge in [-0.05, 0) is 61.7 Å². The molecule has 0 aromatic heterocycles. The summed E-state index contributed by atoms with van der Waals surface area (Å²) in [5.74, 6) is 1.20. The van der Waals surface area contributed by atoms with E-state index in [1.165, 1.54) is 6.07 Å². The number of rotatable bonds is 7. The predicted molar refractivity (Wildman–Crippen MR) is 126 cm³/mol. The van der Waals surface area contributed by atoms with Crippen molar-refractivity contribution in [2.45, 2.75) is 50.3 Å². The first-order chi connectivity index (χ1) is 15.4. The number of amidine groups is 1. The molecule has 1 fully saturated rings. The molecule has 2 aromatic carbocycles. The molecule has 1 N–H and O–H groups in total. The minimum atomic E-state index is -3.84. The van der Waals surface area contributed by atoms with Crippen molar-refractivity contribution >= 4 is 33.1 Å². The smallest absolute Gasteiger partial charge is 0.286 e. The van der Waals surface area contributed by atoms with Crippen LogP contribution < -0.4 is 15.0 Å². The highest BCUT2D eigenvalue weighted by Gasteiger charge is 2.35. The van der Waals surface area contributed by atoms with Crippen molar-refractivity contribution in [3.05, 3.63) is 48.0 Å². The molecule has 4 rings (SSSR count). The van der Waals surface area contributed by atoms with Crippen molar-refractivity contribution < 1.29 is 17.9 Å². The first-order valence-electron chi connectivity index (χ1n) is 11.1.